The molecule has 1 N–H and O–H groups in total. The molecule has 2 rings (SSSR count). The van der Waals surface area contributed by atoms with Crippen molar-refractivity contribution in [2.45, 2.75) is 32.2 Å². The molecule has 0 aliphatic carbocycles. The van der Waals surface area contributed by atoms with Crippen LogP contribution in [-0.2, 0) is 6.42 Å². The van der Waals surface area contributed by atoms with Gasteiger partial charge >= 0.3 is 0 Å². The number of rotatable bonds is 8. The minimum atomic E-state index is -0.365. The first-order chi connectivity index (χ1) is 10.2. The Labute approximate surface area is 129 Å². The van der Waals surface area contributed by atoms with Crippen molar-refractivity contribution in [3.8, 4) is 0 Å². The van der Waals surface area contributed by atoms with E-state index >= 15 is 0 Å². The summed E-state index contributed by atoms with van der Waals surface area (Å²) < 4.78 is 0. The fraction of sp³-hybridized carbons (Fsp3) is 0.375. The molecule has 0 amide bonds. The van der Waals surface area contributed by atoms with Crippen LogP contribution in [-0.4, -0.2) is 11.5 Å². The molecule has 0 aliphatic rings. The molecule has 4 nitrogen and oxygen atoms in total. The molecule has 1 atom stereocenters. The van der Waals surface area contributed by atoms with Crippen molar-refractivity contribution >= 4 is 17.0 Å². The van der Waals surface area contributed by atoms with Gasteiger partial charge in [0.15, 0.2) is 0 Å². The summed E-state index contributed by atoms with van der Waals surface area (Å²) in [5.41, 5.74) is 1.27. The van der Waals surface area contributed by atoms with E-state index in [1.807, 2.05) is 12.1 Å². The maximum atomic E-state index is 10.6. The van der Waals surface area contributed by atoms with Gasteiger partial charge in [0, 0.05) is 23.1 Å². The molecule has 1 unspecified atom stereocenters. The number of hydrogen-bond donors (Lipinski definition) is 1. The number of nitrogens with one attached hydrogen (secondary N) is 1. The number of benzene rings is 1. The molecule has 1 heterocycles. The third-order valence-electron chi connectivity index (χ3n) is 3.42. The molecule has 1 aromatic carbocycles. The Bertz CT molecular complexity index is 552. The SMILES string of the molecule is CCCC(NCCc1ccc([N+](=O)[O-])cc1)c1cccs1. The zero-order valence-corrected chi connectivity index (χ0v) is 12.9. The number of nitro groups is 1. The van der Waals surface area contributed by atoms with Crippen LogP contribution in [0.15, 0.2) is 41.8 Å². The van der Waals surface area contributed by atoms with Gasteiger partial charge in [-0.15, -0.1) is 11.3 Å². The number of nitro benzene ring substituents is 1. The number of non-ortho nitro benzene ring substituents is 1. The summed E-state index contributed by atoms with van der Waals surface area (Å²) in [5.74, 6) is 0. The molecule has 0 radical (unpaired) electrons. The zero-order valence-electron chi connectivity index (χ0n) is 12.1. The summed E-state index contributed by atoms with van der Waals surface area (Å²) in [5, 5.41) is 16.3. The van der Waals surface area contributed by atoms with Crippen molar-refractivity contribution in [3.63, 3.8) is 0 Å². The Hall–Kier alpha value is -1.72. The topological polar surface area (TPSA) is 55.2 Å². The first kappa shape index (κ1) is 15.7. The van der Waals surface area contributed by atoms with Crippen LogP contribution < -0.4 is 5.32 Å². The van der Waals surface area contributed by atoms with Crippen molar-refractivity contribution in [1.29, 1.82) is 0 Å². The predicted molar refractivity (Wildman–Crippen MR) is 86.8 cm³/mol. The van der Waals surface area contributed by atoms with E-state index in [1.54, 1.807) is 23.5 Å². The minimum absolute atomic E-state index is 0.147. The van der Waals surface area contributed by atoms with E-state index in [0.717, 1.165) is 31.4 Å². The van der Waals surface area contributed by atoms with Crippen LogP contribution in [0.2, 0.25) is 0 Å². The molecular formula is C16H20N2O2S. The highest BCUT2D eigenvalue weighted by molar-refractivity contribution is 7.10. The molecule has 0 spiro atoms. The highest BCUT2D eigenvalue weighted by atomic mass is 32.1. The average Bonchev–Trinajstić information content (AvgIpc) is 3.01. The molecule has 1 aromatic heterocycles. The third-order valence-corrected chi connectivity index (χ3v) is 4.40. The highest BCUT2D eigenvalue weighted by Crippen LogP contribution is 2.23. The molecular weight excluding hydrogens is 284 g/mol. The molecule has 0 aliphatic heterocycles. The third kappa shape index (κ3) is 4.65. The van der Waals surface area contributed by atoms with Crippen LogP contribution >= 0.6 is 11.3 Å². The Morgan fingerprint density at radius 2 is 2.05 bits per heavy atom. The van der Waals surface area contributed by atoms with E-state index in [4.69, 9.17) is 0 Å². The van der Waals surface area contributed by atoms with E-state index in [9.17, 15) is 10.1 Å². The Morgan fingerprint density at radius 3 is 2.62 bits per heavy atom. The molecule has 2 aromatic rings. The van der Waals surface area contributed by atoms with Gasteiger partial charge in [0.25, 0.3) is 5.69 Å². The second kappa shape index (κ2) is 7.90. The summed E-state index contributed by atoms with van der Waals surface area (Å²) in [7, 11) is 0. The second-order valence-corrected chi connectivity index (χ2v) is 5.96. The van der Waals surface area contributed by atoms with Gasteiger partial charge in [-0.2, -0.15) is 0 Å². The van der Waals surface area contributed by atoms with Crippen molar-refractivity contribution in [1.82, 2.24) is 5.32 Å². The van der Waals surface area contributed by atoms with E-state index < -0.39 is 0 Å². The predicted octanol–water partition coefficient (Wildman–Crippen LogP) is 4.33. The van der Waals surface area contributed by atoms with Crippen LogP contribution in [0.1, 0.15) is 36.2 Å². The van der Waals surface area contributed by atoms with Crippen molar-refractivity contribution in [2.24, 2.45) is 0 Å². The van der Waals surface area contributed by atoms with Crippen molar-refractivity contribution in [2.75, 3.05) is 6.54 Å². The van der Waals surface area contributed by atoms with Gasteiger partial charge in [0.1, 0.15) is 0 Å². The number of hydrogen-bond acceptors (Lipinski definition) is 4. The van der Waals surface area contributed by atoms with Crippen LogP contribution in [0.5, 0.6) is 0 Å². The van der Waals surface area contributed by atoms with Gasteiger partial charge in [0.2, 0.25) is 0 Å². The first-order valence-corrected chi connectivity index (χ1v) is 8.08. The summed E-state index contributed by atoms with van der Waals surface area (Å²) >= 11 is 1.78. The second-order valence-electron chi connectivity index (χ2n) is 4.98. The maximum Gasteiger partial charge on any atom is 0.269 e. The molecule has 0 saturated carbocycles. The van der Waals surface area contributed by atoms with Crippen LogP contribution in [0.4, 0.5) is 5.69 Å². The fourth-order valence-electron chi connectivity index (χ4n) is 2.30. The monoisotopic (exact) mass is 304 g/mol. The summed E-state index contributed by atoms with van der Waals surface area (Å²) in [6.07, 6.45) is 3.15. The number of thiophene rings is 1. The fourth-order valence-corrected chi connectivity index (χ4v) is 3.14. The van der Waals surface area contributed by atoms with Gasteiger partial charge in [-0.25, -0.2) is 0 Å². The molecule has 21 heavy (non-hydrogen) atoms. The van der Waals surface area contributed by atoms with Crippen LogP contribution in [0.25, 0.3) is 0 Å². The lowest BCUT2D eigenvalue weighted by molar-refractivity contribution is -0.384. The quantitative estimate of drug-likeness (QED) is 0.583. The average molecular weight is 304 g/mol. The van der Waals surface area contributed by atoms with E-state index in [-0.39, 0.29) is 10.6 Å². The van der Waals surface area contributed by atoms with Gasteiger partial charge < -0.3 is 5.32 Å². The standard InChI is InChI=1S/C16H20N2O2S/c1-2-4-15(16-5-3-12-21-16)17-11-10-13-6-8-14(9-7-13)18(19)20/h3,5-9,12,15,17H,2,4,10-11H2,1H3. The maximum absolute atomic E-state index is 10.6. The lowest BCUT2D eigenvalue weighted by Crippen LogP contribution is -2.23. The number of nitrogens with zero attached hydrogens (tertiary/aromatic N) is 1. The molecule has 0 saturated heterocycles. The van der Waals surface area contributed by atoms with Gasteiger partial charge in [-0.3, -0.25) is 10.1 Å². The van der Waals surface area contributed by atoms with E-state index in [2.05, 4.69) is 29.8 Å². The van der Waals surface area contributed by atoms with Crippen molar-refractivity contribution in [3.05, 3.63) is 62.3 Å². The van der Waals surface area contributed by atoms with Gasteiger partial charge in [-0.1, -0.05) is 31.5 Å². The first-order valence-electron chi connectivity index (χ1n) is 7.21. The normalized spacial score (nSPS) is 12.2. The Morgan fingerprint density at radius 1 is 1.29 bits per heavy atom. The highest BCUT2D eigenvalue weighted by Gasteiger charge is 2.10. The van der Waals surface area contributed by atoms with E-state index in [1.165, 1.54) is 4.88 Å². The summed E-state index contributed by atoms with van der Waals surface area (Å²) in [6.45, 7) is 3.07. The molecule has 112 valence electrons. The largest absolute Gasteiger partial charge is 0.309 e. The lowest BCUT2D eigenvalue weighted by atomic mass is 10.1. The van der Waals surface area contributed by atoms with E-state index in [0.29, 0.717) is 6.04 Å². The molecule has 5 heteroatoms. The smallest absolute Gasteiger partial charge is 0.269 e. The van der Waals surface area contributed by atoms with Crippen molar-refractivity contribution < 1.29 is 4.92 Å². The molecule has 0 bridgehead atoms. The van der Waals surface area contributed by atoms with Gasteiger partial charge in [-0.05, 0) is 36.4 Å². The Balaban J connectivity index is 1.86. The van der Waals surface area contributed by atoms with Crippen LogP contribution in [0, 0.1) is 10.1 Å². The minimum Gasteiger partial charge on any atom is -0.309 e. The lowest BCUT2D eigenvalue weighted by Gasteiger charge is -2.16. The van der Waals surface area contributed by atoms with Gasteiger partial charge in [0.05, 0.1) is 4.92 Å². The summed E-state index contributed by atoms with van der Waals surface area (Å²) in [6, 6.07) is 11.5. The Kier molecular flexibility index (Phi) is 5.90. The zero-order chi connectivity index (χ0) is 15.1. The van der Waals surface area contributed by atoms with Crippen LogP contribution in [0.3, 0.4) is 0 Å². The summed E-state index contributed by atoms with van der Waals surface area (Å²) in [4.78, 5) is 11.6. The molecule has 0 fully saturated rings.